The van der Waals surface area contributed by atoms with Crippen LogP contribution >= 0.6 is 0 Å². The normalized spacial score (nSPS) is 15.6. The third kappa shape index (κ3) is 5.15. The lowest BCUT2D eigenvalue weighted by atomic mass is 9.97. The summed E-state index contributed by atoms with van der Waals surface area (Å²) in [6.45, 7) is 2.69. The highest BCUT2D eigenvalue weighted by atomic mass is 16.2. The van der Waals surface area contributed by atoms with Crippen LogP contribution in [0.3, 0.4) is 0 Å². The van der Waals surface area contributed by atoms with Gasteiger partial charge in [0.1, 0.15) is 0 Å². The molecule has 1 aliphatic heterocycles. The molecule has 0 spiro atoms. The van der Waals surface area contributed by atoms with Crippen molar-refractivity contribution in [1.29, 1.82) is 0 Å². The van der Waals surface area contributed by atoms with Gasteiger partial charge in [-0.15, -0.1) is 0 Å². The summed E-state index contributed by atoms with van der Waals surface area (Å²) in [4.78, 5) is 25.8. The molecule has 1 saturated heterocycles. The Bertz CT molecular complexity index is 482. The van der Waals surface area contributed by atoms with Crippen LogP contribution in [-0.2, 0) is 16.0 Å². The fourth-order valence-corrected chi connectivity index (χ4v) is 2.80. The van der Waals surface area contributed by atoms with Crippen LogP contribution in [0.2, 0.25) is 0 Å². The molecule has 2 N–H and O–H groups in total. The number of rotatable bonds is 6. The first-order valence-electron chi connectivity index (χ1n) is 7.92. The van der Waals surface area contributed by atoms with Crippen LogP contribution in [0, 0.1) is 5.92 Å². The van der Waals surface area contributed by atoms with E-state index in [1.54, 1.807) is 0 Å². The SMILES string of the molecule is CNCC1CCN(C(=O)CNC(=O)Cc2ccccc2)CC1. The number of carbonyl (C=O) groups excluding carboxylic acids is 2. The number of carbonyl (C=O) groups is 2. The molecule has 1 aliphatic rings. The highest BCUT2D eigenvalue weighted by Gasteiger charge is 2.22. The number of nitrogens with zero attached hydrogens (tertiary/aromatic N) is 1. The van der Waals surface area contributed by atoms with Crippen LogP contribution < -0.4 is 10.6 Å². The molecule has 0 saturated carbocycles. The molecule has 120 valence electrons. The Morgan fingerprint density at radius 2 is 1.86 bits per heavy atom. The summed E-state index contributed by atoms with van der Waals surface area (Å²) in [6.07, 6.45) is 2.38. The van der Waals surface area contributed by atoms with Gasteiger partial charge >= 0.3 is 0 Å². The molecule has 1 aromatic rings. The molecule has 5 heteroatoms. The van der Waals surface area contributed by atoms with Crippen LogP contribution in [0.15, 0.2) is 30.3 Å². The second kappa shape index (κ2) is 8.54. The quantitative estimate of drug-likeness (QED) is 0.817. The molecule has 0 unspecified atom stereocenters. The van der Waals surface area contributed by atoms with Crippen LogP contribution in [0.25, 0.3) is 0 Å². The number of benzene rings is 1. The molecular weight excluding hydrogens is 278 g/mol. The van der Waals surface area contributed by atoms with Crippen molar-refractivity contribution in [3.63, 3.8) is 0 Å². The van der Waals surface area contributed by atoms with Gasteiger partial charge < -0.3 is 15.5 Å². The number of piperidine rings is 1. The van der Waals surface area contributed by atoms with Gasteiger partial charge in [0.15, 0.2) is 0 Å². The Labute approximate surface area is 132 Å². The van der Waals surface area contributed by atoms with Gasteiger partial charge in [-0.3, -0.25) is 9.59 Å². The summed E-state index contributed by atoms with van der Waals surface area (Å²) in [5, 5.41) is 5.91. The number of amides is 2. The summed E-state index contributed by atoms with van der Waals surface area (Å²) in [6, 6.07) is 9.55. The van der Waals surface area contributed by atoms with Gasteiger partial charge in [0.25, 0.3) is 0 Å². The summed E-state index contributed by atoms with van der Waals surface area (Å²) >= 11 is 0. The van der Waals surface area contributed by atoms with E-state index in [0.29, 0.717) is 12.3 Å². The largest absolute Gasteiger partial charge is 0.347 e. The zero-order valence-corrected chi connectivity index (χ0v) is 13.2. The van der Waals surface area contributed by atoms with E-state index in [9.17, 15) is 9.59 Å². The molecular formula is C17H25N3O2. The lowest BCUT2D eigenvalue weighted by Gasteiger charge is -2.32. The van der Waals surface area contributed by atoms with Crippen molar-refractivity contribution in [2.45, 2.75) is 19.3 Å². The van der Waals surface area contributed by atoms with Crippen molar-refractivity contribution >= 4 is 11.8 Å². The molecule has 1 heterocycles. The molecule has 5 nitrogen and oxygen atoms in total. The van der Waals surface area contributed by atoms with Crippen molar-refractivity contribution in [3.05, 3.63) is 35.9 Å². The van der Waals surface area contributed by atoms with E-state index in [1.165, 1.54) is 0 Å². The van der Waals surface area contributed by atoms with E-state index in [1.807, 2.05) is 42.3 Å². The van der Waals surface area contributed by atoms with Gasteiger partial charge in [-0.1, -0.05) is 30.3 Å². The number of likely N-dealkylation sites (tertiary alicyclic amines) is 1. The van der Waals surface area contributed by atoms with E-state index in [0.717, 1.165) is 38.0 Å². The average molecular weight is 303 g/mol. The summed E-state index contributed by atoms with van der Waals surface area (Å²) in [5.41, 5.74) is 0.959. The first kappa shape index (κ1) is 16.5. The third-order valence-electron chi connectivity index (χ3n) is 4.10. The minimum Gasteiger partial charge on any atom is -0.347 e. The Morgan fingerprint density at radius 1 is 1.18 bits per heavy atom. The monoisotopic (exact) mass is 303 g/mol. The van der Waals surface area contributed by atoms with Gasteiger partial charge in [0.05, 0.1) is 13.0 Å². The minimum atomic E-state index is -0.107. The zero-order chi connectivity index (χ0) is 15.8. The highest BCUT2D eigenvalue weighted by molar-refractivity contribution is 5.85. The first-order chi connectivity index (χ1) is 10.7. The van der Waals surface area contributed by atoms with Crippen LogP contribution in [0.5, 0.6) is 0 Å². The van der Waals surface area contributed by atoms with E-state index in [4.69, 9.17) is 0 Å². The second-order valence-corrected chi connectivity index (χ2v) is 5.82. The van der Waals surface area contributed by atoms with Crippen molar-refractivity contribution in [2.24, 2.45) is 5.92 Å². The fourth-order valence-electron chi connectivity index (χ4n) is 2.80. The standard InChI is InChI=1S/C17H25N3O2/c1-18-12-15-7-9-20(10-8-15)17(22)13-19-16(21)11-14-5-3-2-4-6-14/h2-6,15,18H,7-13H2,1H3,(H,19,21). The van der Waals surface area contributed by atoms with Gasteiger partial charge in [-0.25, -0.2) is 0 Å². The van der Waals surface area contributed by atoms with Gasteiger partial charge in [0, 0.05) is 13.1 Å². The molecule has 0 bridgehead atoms. The summed E-state index contributed by atoms with van der Waals surface area (Å²) in [5.74, 6) is 0.565. The molecule has 0 radical (unpaired) electrons. The maximum absolute atomic E-state index is 12.1. The Kier molecular flexibility index (Phi) is 6.40. The van der Waals surface area contributed by atoms with Crippen LogP contribution in [0.4, 0.5) is 0 Å². The molecule has 0 aliphatic carbocycles. The topological polar surface area (TPSA) is 61.4 Å². The maximum Gasteiger partial charge on any atom is 0.241 e. The van der Waals surface area contributed by atoms with Crippen molar-refractivity contribution in [2.75, 3.05) is 33.2 Å². The van der Waals surface area contributed by atoms with Gasteiger partial charge in [-0.05, 0) is 37.9 Å². The van der Waals surface area contributed by atoms with Gasteiger partial charge in [0.2, 0.25) is 11.8 Å². The third-order valence-corrected chi connectivity index (χ3v) is 4.10. The molecule has 1 fully saturated rings. The predicted octanol–water partition coefficient (Wildman–Crippen LogP) is 0.803. The highest BCUT2D eigenvalue weighted by Crippen LogP contribution is 2.16. The maximum atomic E-state index is 12.1. The Morgan fingerprint density at radius 3 is 2.50 bits per heavy atom. The second-order valence-electron chi connectivity index (χ2n) is 5.82. The molecule has 2 rings (SSSR count). The Balaban J connectivity index is 1.68. The van der Waals surface area contributed by atoms with Crippen molar-refractivity contribution in [3.8, 4) is 0 Å². The number of nitrogens with one attached hydrogen (secondary N) is 2. The molecule has 2 amide bonds. The van der Waals surface area contributed by atoms with Crippen molar-refractivity contribution in [1.82, 2.24) is 15.5 Å². The van der Waals surface area contributed by atoms with Crippen LogP contribution in [-0.4, -0.2) is 49.9 Å². The van der Waals surface area contributed by atoms with E-state index in [2.05, 4.69) is 10.6 Å². The number of hydrogen-bond donors (Lipinski definition) is 2. The van der Waals surface area contributed by atoms with E-state index in [-0.39, 0.29) is 18.4 Å². The average Bonchev–Trinajstić information content (AvgIpc) is 2.54. The Hall–Kier alpha value is -1.88. The van der Waals surface area contributed by atoms with E-state index < -0.39 is 0 Å². The fraction of sp³-hybridized carbons (Fsp3) is 0.529. The van der Waals surface area contributed by atoms with Crippen LogP contribution in [0.1, 0.15) is 18.4 Å². The molecule has 1 aromatic carbocycles. The molecule has 0 aromatic heterocycles. The lowest BCUT2D eigenvalue weighted by molar-refractivity contribution is -0.133. The smallest absolute Gasteiger partial charge is 0.241 e. The summed E-state index contributed by atoms with van der Waals surface area (Å²) in [7, 11) is 1.96. The van der Waals surface area contributed by atoms with E-state index >= 15 is 0 Å². The van der Waals surface area contributed by atoms with Gasteiger partial charge in [-0.2, -0.15) is 0 Å². The minimum absolute atomic E-state index is 0.0179. The molecule has 22 heavy (non-hydrogen) atoms. The number of hydrogen-bond acceptors (Lipinski definition) is 3. The molecule has 0 atom stereocenters. The predicted molar refractivity (Wildman–Crippen MR) is 86.4 cm³/mol. The zero-order valence-electron chi connectivity index (χ0n) is 13.2. The van der Waals surface area contributed by atoms with Crippen molar-refractivity contribution < 1.29 is 9.59 Å². The lowest BCUT2D eigenvalue weighted by Crippen LogP contribution is -2.45. The first-order valence-corrected chi connectivity index (χ1v) is 7.92. The summed E-state index contributed by atoms with van der Waals surface area (Å²) < 4.78 is 0.